The van der Waals surface area contributed by atoms with Crippen molar-refractivity contribution >= 4 is 11.6 Å². The number of nitriles is 1. The van der Waals surface area contributed by atoms with E-state index in [1.165, 1.54) is 0 Å². The van der Waals surface area contributed by atoms with Crippen LogP contribution in [-0.2, 0) is 11.2 Å². The molecule has 1 amide bonds. The van der Waals surface area contributed by atoms with Gasteiger partial charge in [-0.3, -0.25) is 4.79 Å². The number of aryl methyl sites for hydroxylation is 1. The summed E-state index contributed by atoms with van der Waals surface area (Å²) in [6, 6.07) is 17.2. The predicted octanol–water partition coefficient (Wildman–Crippen LogP) is 6.50. The number of benzene rings is 2. The fraction of sp³-hybridized carbons (Fsp3) is 0.357. The second-order valence-corrected chi connectivity index (χ2v) is 8.93. The molecule has 180 valence electrons. The van der Waals surface area contributed by atoms with E-state index in [2.05, 4.69) is 22.8 Å². The number of anilines is 1. The first-order chi connectivity index (χ1) is 17.0. The van der Waals surface area contributed by atoms with Crippen molar-refractivity contribution < 1.29 is 13.7 Å². The van der Waals surface area contributed by atoms with E-state index in [1.807, 2.05) is 36.4 Å². The molecule has 0 aliphatic heterocycles. The summed E-state index contributed by atoms with van der Waals surface area (Å²) >= 11 is 0. The van der Waals surface area contributed by atoms with E-state index in [4.69, 9.17) is 9.78 Å². The largest absolute Gasteiger partial charge is 0.339 e. The summed E-state index contributed by atoms with van der Waals surface area (Å²) in [5.74, 6) is 1.36. The van der Waals surface area contributed by atoms with Gasteiger partial charge in [0, 0.05) is 37.4 Å². The molecular formula is C28H29FN4O2. The Morgan fingerprint density at radius 3 is 2.63 bits per heavy atom. The van der Waals surface area contributed by atoms with Gasteiger partial charge in [-0.2, -0.15) is 10.2 Å². The molecule has 4 rings (SSSR count). The molecule has 35 heavy (non-hydrogen) atoms. The number of allylic oxidation sites excluding steroid dienone is 1. The fourth-order valence-electron chi connectivity index (χ4n) is 3.97. The van der Waals surface area contributed by atoms with Gasteiger partial charge in [0.25, 0.3) is 0 Å². The molecule has 1 heterocycles. The third kappa shape index (κ3) is 6.86. The Bertz CT molecular complexity index is 1210. The maximum atomic E-state index is 13.2. The van der Waals surface area contributed by atoms with E-state index < -0.39 is 5.83 Å². The number of carbonyl (C=O) groups is 1. The zero-order valence-electron chi connectivity index (χ0n) is 19.8. The van der Waals surface area contributed by atoms with Crippen molar-refractivity contribution in [2.24, 2.45) is 0 Å². The van der Waals surface area contributed by atoms with Crippen LogP contribution < -0.4 is 4.90 Å². The van der Waals surface area contributed by atoms with Crippen LogP contribution in [0.4, 0.5) is 10.1 Å². The van der Waals surface area contributed by atoms with E-state index in [9.17, 15) is 9.18 Å². The van der Waals surface area contributed by atoms with Gasteiger partial charge in [-0.15, -0.1) is 0 Å². The van der Waals surface area contributed by atoms with Gasteiger partial charge in [0.05, 0.1) is 17.5 Å². The van der Waals surface area contributed by atoms with Gasteiger partial charge < -0.3 is 9.42 Å². The summed E-state index contributed by atoms with van der Waals surface area (Å²) < 4.78 is 18.6. The summed E-state index contributed by atoms with van der Waals surface area (Å²) in [5.41, 5.74) is 3.27. The molecule has 1 aliphatic carbocycles. The SMILES string of the molecule is C=C(F)CCC(=O)N(CCCCCc1nc(C2CC2)no1)c1cccc(-c2ccc(C#N)cc2)c1. The number of amides is 1. The number of nitrogens with zero attached hydrogens (tertiary/aromatic N) is 4. The number of carbonyl (C=O) groups excluding carboxylic acids is 1. The third-order valence-electron chi connectivity index (χ3n) is 6.12. The number of rotatable bonds is 12. The van der Waals surface area contributed by atoms with E-state index in [1.54, 1.807) is 17.0 Å². The molecule has 0 atom stereocenters. The second kappa shape index (κ2) is 11.6. The first-order valence-corrected chi connectivity index (χ1v) is 12.1. The van der Waals surface area contributed by atoms with Gasteiger partial charge in [0.1, 0.15) is 0 Å². The van der Waals surface area contributed by atoms with E-state index in [0.29, 0.717) is 23.9 Å². The van der Waals surface area contributed by atoms with E-state index in [0.717, 1.165) is 61.2 Å². The van der Waals surface area contributed by atoms with Crippen LogP contribution in [0.1, 0.15) is 68.1 Å². The normalized spacial score (nSPS) is 12.8. The number of hydrogen-bond acceptors (Lipinski definition) is 5. The highest BCUT2D eigenvalue weighted by Crippen LogP contribution is 2.38. The van der Waals surface area contributed by atoms with Gasteiger partial charge >= 0.3 is 0 Å². The molecule has 1 saturated carbocycles. The van der Waals surface area contributed by atoms with Gasteiger partial charge in [0.2, 0.25) is 11.8 Å². The zero-order chi connectivity index (χ0) is 24.6. The number of halogens is 1. The lowest BCUT2D eigenvalue weighted by molar-refractivity contribution is -0.118. The third-order valence-corrected chi connectivity index (χ3v) is 6.12. The summed E-state index contributed by atoms with van der Waals surface area (Å²) in [7, 11) is 0. The van der Waals surface area contributed by atoms with Crippen molar-refractivity contribution in [3.63, 3.8) is 0 Å². The van der Waals surface area contributed by atoms with Crippen molar-refractivity contribution in [2.45, 2.75) is 57.3 Å². The Hall–Kier alpha value is -3.79. The number of hydrogen-bond donors (Lipinski definition) is 0. The molecule has 7 heteroatoms. The first-order valence-electron chi connectivity index (χ1n) is 12.1. The van der Waals surface area contributed by atoms with E-state index >= 15 is 0 Å². The monoisotopic (exact) mass is 472 g/mol. The van der Waals surface area contributed by atoms with Crippen molar-refractivity contribution in [1.29, 1.82) is 5.26 Å². The number of unbranched alkanes of at least 4 members (excludes halogenated alkanes) is 2. The topological polar surface area (TPSA) is 83.0 Å². The first kappa shape index (κ1) is 24.3. The molecule has 1 aliphatic rings. The lowest BCUT2D eigenvalue weighted by Crippen LogP contribution is -2.31. The minimum atomic E-state index is -0.491. The van der Waals surface area contributed by atoms with Crippen LogP contribution in [0.15, 0.2) is 65.5 Å². The summed E-state index contributed by atoms with van der Waals surface area (Å²) in [6.07, 6.45) is 5.69. The molecule has 1 fully saturated rings. The van der Waals surface area contributed by atoms with Crippen LogP contribution in [0, 0.1) is 11.3 Å². The summed E-state index contributed by atoms with van der Waals surface area (Å²) in [5, 5.41) is 13.1. The fourth-order valence-corrected chi connectivity index (χ4v) is 3.97. The molecule has 1 aromatic heterocycles. The highest BCUT2D eigenvalue weighted by atomic mass is 19.1. The van der Waals surface area contributed by atoms with Gasteiger partial charge in [0.15, 0.2) is 5.82 Å². The molecule has 0 spiro atoms. The molecule has 0 N–H and O–H groups in total. The molecule has 3 aromatic rings. The number of aromatic nitrogens is 2. The average Bonchev–Trinajstić information content (AvgIpc) is 3.62. The Morgan fingerprint density at radius 2 is 1.91 bits per heavy atom. The van der Waals surface area contributed by atoms with Crippen LogP contribution in [0.2, 0.25) is 0 Å². The zero-order valence-corrected chi connectivity index (χ0v) is 19.8. The quantitative estimate of drug-likeness (QED) is 0.281. The average molecular weight is 473 g/mol. The second-order valence-electron chi connectivity index (χ2n) is 8.93. The van der Waals surface area contributed by atoms with Gasteiger partial charge in [-0.25, -0.2) is 4.39 Å². The molecule has 6 nitrogen and oxygen atoms in total. The Morgan fingerprint density at radius 1 is 1.11 bits per heavy atom. The maximum Gasteiger partial charge on any atom is 0.227 e. The molecule has 0 saturated heterocycles. The molecule has 0 radical (unpaired) electrons. The van der Waals surface area contributed by atoms with Crippen LogP contribution >= 0.6 is 0 Å². The smallest absolute Gasteiger partial charge is 0.227 e. The molecule has 0 bridgehead atoms. The van der Waals surface area contributed by atoms with Crippen LogP contribution in [0.5, 0.6) is 0 Å². The van der Waals surface area contributed by atoms with Crippen molar-refractivity contribution in [3.8, 4) is 17.2 Å². The van der Waals surface area contributed by atoms with Crippen molar-refractivity contribution in [3.05, 3.63) is 78.2 Å². The molecule has 0 unspecified atom stereocenters. The lowest BCUT2D eigenvalue weighted by atomic mass is 10.0. The van der Waals surface area contributed by atoms with Crippen molar-refractivity contribution in [1.82, 2.24) is 10.1 Å². The molecular weight excluding hydrogens is 443 g/mol. The van der Waals surface area contributed by atoms with Crippen molar-refractivity contribution in [2.75, 3.05) is 11.4 Å². The molecule has 2 aromatic carbocycles. The van der Waals surface area contributed by atoms with Gasteiger partial charge in [-0.05, 0) is 61.1 Å². The van der Waals surface area contributed by atoms with Crippen LogP contribution in [0.3, 0.4) is 0 Å². The lowest BCUT2D eigenvalue weighted by Gasteiger charge is -2.23. The summed E-state index contributed by atoms with van der Waals surface area (Å²) in [6.45, 7) is 3.81. The maximum absolute atomic E-state index is 13.2. The highest BCUT2D eigenvalue weighted by Gasteiger charge is 2.28. The van der Waals surface area contributed by atoms with E-state index in [-0.39, 0.29) is 18.7 Å². The van der Waals surface area contributed by atoms with Gasteiger partial charge in [-0.1, -0.05) is 42.4 Å². The summed E-state index contributed by atoms with van der Waals surface area (Å²) in [4.78, 5) is 19.2. The Labute approximate surface area is 205 Å². The predicted molar refractivity (Wildman–Crippen MR) is 132 cm³/mol. The highest BCUT2D eigenvalue weighted by molar-refractivity contribution is 5.94. The minimum absolute atomic E-state index is 0.0190. The van der Waals surface area contributed by atoms with Crippen LogP contribution in [0.25, 0.3) is 11.1 Å². The Balaban J connectivity index is 1.39. The minimum Gasteiger partial charge on any atom is -0.339 e. The van der Waals surface area contributed by atoms with Crippen LogP contribution in [-0.4, -0.2) is 22.6 Å². The standard InChI is InChI=1S/C28H29FN4O2/c1-20(29)9-16-27(34)33(17-4-2-3-8-26-31-28(32-35-26)23-14-15-23)25-7-5-6-24(18-25)22-12-10-21(19-30)11-13-22/h5-7,10-13,18,23H,1-4,8-9,14-17H2. The Kier molecular flexibility index (Phi) is 8.04.